The number of carbonyl (C=O) groups is 5. The standard InChI is InChI=1S/C24H17ClF3N7O7S2/c25-16-12(2-1-4-30-16)34-5-3-9(18(34)37)6-10-7-43-20-14(19(38)35(20)15(10)21(39)40)32-17(36)13(11-8-44-23(29)31-11)33-42-22(41)24(26,27)28/h1-2,4,6,8,14,20H,3,5,7H2,(H2,29,31)(H,32,36)(H,39,40)/b9-6+,33-13-/t14-,20-/m1/s1. The molecule has 2 saturated heterocycles. The van der Waals surface area contributed by atoms with E-state index in [0.717, 1.165) is 33.4 Å². The molecule has 0 aliphatic carbocycles. The van der Waals surface area contributed by atoms with E-state index in [4.69, 9.17) is 17.3 Å². The van der Waals surface area contributed by atoms with Crippen LogP contribution in [0.2, 0.25) is 5.15 Å². The fraction of sp³-hybridized carbons (Fsp3) is 0.250. The van der Waals surface area contributed by atoms with Crippen molar-refractivity contribution in [3.8, 4) is 0 Å². The molecule has 3 aliphatic rings. The molecule has 0 radical (unpaired) electrons. The Hall–Kier alpha value is -4.49. The highest BCUT2D eigenvalue weighted by Crippen LogP contribution is 2.41. The number of nitrogens with zero attached hydrogens (tertiary/aromatic N) is 5. The van der Waals surface area contributed by atoms with E-state index >= 15 is 0 Å². The van der Waals surface area contributed by atoms with Crippen molar-refractivity contribution in [3.63, 3.8) is 0 Å². The van der Waals surface area contributed by atoms with Crippen LogP contribution in [-0.2, 0) is 28.8 Å². The van der Waals surface area contributed by atoms with Crippen molar-refractivity contribution in [2.45, 2.75) is 24.0 Å². The van der Waals surface area contributed by atoms with Gasteiger partial charge in [0, 0.05) is 29.4 Å². The molecule has 44 heavy (non-hydrogen) atoms. The van der Waals surface area contributed by atoms with Gasteiger partial charge in [-0.15, -0.1) is 23.1 Å². The first-order chi connectivity index (χ1) is 20.8. The molecule has 0 spiro atoms. The molecule has 2 atom stereocenters. The topological polar surface area (TPSA) is 197 Å². The number of hydrogen-bond acceptors (Lipinski definition) is 12. The Bertz CT molecular complexity index is 1690. The molecule has 0 bridgehead atoms. The molecule has 20 heteroatoms. The minimum absolute atomic E-state index is 0.0274. The third-order valence-electron chi connectivity index (χ3n) is 6.42. The molecular formula is C24H17ClF3N7O7S2. The van der Waals surface area contributed by atoms with Gasteiger partial charge in [-0.05, 0) is 30.2 Å². The molecule has 14 nitrogen and oxygen atoms in total. The average Bonchev–Trinajstić information content (AvgIpc) is 3.56. The van der Waals surface area contributed by atoms with Crippen molar-refractivity contribution in [2.75, 3.05) is 22.9 Å². The number of thioether (sulfide) groups is 1. The van der Waals surface area contributed by atoms with E-state index in [1.165, 1.54) is 17.2 Å². The number of nitrogens with one attached hydrogen (secondary N) is 1. The molecule has 0 aromatic carbocycles. The first-order valence-electron chi connectivity index (χ1n) is 12.2. The Morgan fingerprint density at radius 3 is 2.68 bits per heavy atom. The van der Waals surface area contributed by atoms with Gasteiger partial charge < -0.3 is 25.9 Å². The third-order valence-corrected chi connectivity index (χ3v) is 8.69. The summed E-state index contributed by atoms with van der Waals surface area (Å²) in [6, 6.07) is 1.90. The Morgan fingerprint density at radius 1 is 1.30 bits per heavy atom. The smallest absolute Gasteiger partial charge is 0.477 e. The number of hydrogen-bond donors (Lipinski definition) is 3. The Labute approximate surface area is 257 Å². The lowest BCUT2D eigenvalue weighted by Gasteiger charge is -2.49. The molecule has 2 aromatic heterocycles. The summed E-state index contributed by atoms with van der Waals surface area (Å²) in [5.41, 5.74) is 4.78. The van der Waals surface area contributed by atoms with E-state index < -0.39 is 58.7 Å². The number of aliphatic carboxylic acids is 1. The van der Waals surface area contributed by atoms with Crippen LogP contribution in [0.15, 0.2) is 51.8 Å². The zero-order valence-electron chi connectivity index (χ0n) is 21.7. The number of thiazole rings is 1. The molecule has 5 heterocycles. The van der Waals surface area contributed by atoms with E-state index in [0.29, 0.717) is 5.69 Å². The van der Waals surface area contributed by atoms with Crippen LogP contribution < -0.4 is 16.0 Å². The van der Waals surface area contributed by atoms with E-state index in [-0.39, 0.29) is 45.8 Å². The lowest BCUT2D eigenvalue weighted by molar-refractivity contribution is -0.199. The van der Waals surface area contributed by atoms with E-state index in [1.54, 1.807) is 12.1 Å². The molecule has 3 aliphatic heterocycles. The summed E-state index contributed by atoms with van der Waals surface area (Å²) in [6.45, 7) is 0.269. The second-order valence-corrected chi connectivity index (χ2v) is 11.5. The number of alkyl halides is 3. The third kappa shape index (κ3) is 5.84. The van der Waals surface area contributed by atoms with Crippen LogP contribution in [0.5, 0.6) is 0 Å². The van der Waals surface area contributed by atoms with Crippen LogP contribution >= 0.6 is 34.7 Å². The number of β-lactam (4-membered cyclic amide) rings is 1. The molecule has 5 rings (SSSR count). The van der Waals surface area contributed by atoms with Gasteiger partial charge in [0.05, 0.1) is 5.69 Å². The van der Waals surface area contributed by atoms with Crippen LogP contribution in [0.1, 0.15) is 12.1 Å². The SMILES string of the molecule is Nc1nc(/C(=N/OC(=O)C(F)(F)F)C(=O)N[C@@H]2C(=O)N3C(C(=O)O)=C(/C=C4\CCN(c5cccnc5Cl)C4=O)CS[C@H]23)cs1. The summed E-state index contributed by atoms with van der Waals surface area (Å²) in [5.74, 6) is -6.63. The first-order valence-corrected chi connectivity index (χ1v) is 14.5. The highest BCUT2D eigenvalue weighted by atomic mass is 35.5. The Kier molecular flexibility index (Phi) is 8.36. The van der Waals surface area contributed by atoms with Crippen molar-refractivity contribution in [1.29, 1.82) is 0 Å². The lowest BCUT2D eigenvalue weighted by Crippen LogP contribution is -2.71. The fourth-order valence-electron chi connectivity index (χ4n) is 4.47. The van der Waals surface area contributed by atoms with Crippen LogP contribution in [-0.4, -0.2) is 85.2 Å². The van der Waals surface area contributed by atoms with Crippen molar-refractivity contribution >= 4 is 80.9 Å². The number of anilines is 2. The van der Waals surface area contributed by atoms with E-state index in [2.05, 4.69) is 25.3 Å². The number of fused-ring (bicyclic) bond motifs is 1. The maximum absolute atomic E-state index is 13.1. The van der Waals surface area contributed by atoms with Crippen molar-refractivity contribution in [2.24, 2.45) is 5.16 Å². The monoisotopic (exact) mass is 671 g/mol. The number of carbonyl (C=O) groups excluding carboxylic acids is 4. The largest absolute Gasteiger partial charge is 0.493 e. The van der Waals surface area contributed by atoms with E-state index in [9.17, 15) is 42.3 Å². The second kappa shape index (κ2) is 11.9. The number of carboxylic acids is 1. The highest BCUT2D eigenvalue weighted by Gasteiger charge is 2.54. The summed E-state index contributed by atoms with van der Waals surface area (Å²) in [7, 11) is 0. The Morgan fingerprint density at radius 2 is 2.05 bits per heavy atom. The van der Waals surface area contributed by atoms with E-state index in [1.807, 2.05) is 0 Å². The van der Waals surface area contributed by atoms with Crippen LogP contribution in [0.3, 0.4) is 0 Å². The van der Waals surface area contributed by atoms with Gasteiger partial charge in [-0.2, -0.15) is 13.2 Å². The van der Waals surface area contributed by atoms with Crippen molar-refractivity contribution in [1.82, 2.24) is 20.2 Å². The van der Waals surface area contributed by atoms with Crippen molar-refractivity contribution in [3.05, 3.63) is 57.5 Å². The fourth-order valence-corrected chi connectivity index (χ4v) is 6.55. The van der Waals surface area contributed by atoms with Gasteiger partial charge in [0.2, 0.25) is 0 Å². The molecule has 0 unspecified atom stereocenters. The summed E-state index contributed by atoms with van der Waals surface area (Å²) >= 11 is 8.00. The summed E-state index contributed by atoms with van der Waals surface area (Å²) in [5, 5.41) is 15.5. The number of allylic oxidation sites excluding steroid dienone is 1. The summed E-state index contributed by atoms with van der Waals surface area (Å²) in [6.07, 6.45) is -2.27. The number of rotatable bonds is 7. The maximum Gasteiger partial charge on any atom is 0.493 e. The van der Waals surface area contributed by atoms with Gasteiger partial charge in [-0.3, -0.25) is 19.3 Å². The number of oxime groups is 1. The maximum atomic E-state index is 13.1. The predicted molar refractivity (Wildman–Crippen MR) is 149 cm³/mol. The normalized spacial score (nSPS) is 21.4. The van der Waals surface area contributed by atoms with Gasteiger partial charge in [-0.1, -0.05) is 16.8 Å². The Balaban J connectivity index is 1.36. The molecule has 0 saturated carbocycles. The minimum atomic E-state index is -5.41. The number of nitrogen functional groups attached to an aromatic ring is 1. The van der Waals surface area contributed by atoms with Crippen LogP contribution in [0, 0.1) is 0 Å². The molecule has 3 amide bonds. The molecule has 2 fully saturated rings. The van der Waals surface area contributed by atoms with Gasteiger partial charge in [0.1, 0.15) is 22.8 Å². The molecule has 4 N–H and O–H groups in total. The zero-order valence-corrected chi connectivity index (χ0v) is 24.1. The van der Waals surface area contributed by atoms with Gasteiger partial charge in [0.25, 0.3) is 17.7 Å². The molecular weight excluding hydrogens is 655 g/mol. The van der Waals surface area contributed by atoms with Crippen LogP contribution in [0.25, 0.3) is 0 Å². The van der Waals surface area contributed by atoms with Gasteiger partial charge in [0.15, 0.2) is 16.0 Å². The quantitative estimate of drug-likeness (QED) is 0.0967. The molecule has 2 aromatic rings. The summed E-state index contributed by atoms with van der Waals surface area (Å²) in [4.78, 5) is 76.5. The zero-order chi connectivity index (χ0) is 31.9. The number of nitrogens with two attached hydrogens (primary N) is 1. The average molecular weight is 672 g/mol. The number of carboxylic acid groups (broad SMARTS) is 1. The predicted octanol–water partition coefficient (Wildman–Crippen LogP) is 1.69. The van der Waals surface area contributed by atoms with Crippen molar-refractivity contribution < 1.29 is 47.1 Å². The highest BCUT2D eigenvalue weighted by molar-refractivity contribution is 8.00. The summed E-state index contributed by atoms with van der Waals surface area (Å²) < 4.78 is 37.8. The molecule has 230 valence electrons. The second-order valence-electron chi connectivity index (χ2n) is 9.12. The minimum Gasteiger partial charge on any atom is -0.477 e. The first kappa shape index (κ1) is 31.0. The van der Waals surface area contributed by atoms with Gasteiger partial charge >= 0.3 is 18.1 Å². The number of amides is 3. The lowest BCUT2D eigenvalue weighted by atomic mass is 10.0. The van der Waals surface area contributed by atoms with Crippen LogP contribution in [0.4, 0.5) is 24.0 Å². The van der Waals surface area contributed by atoms with Gasteiger partial charge in [-0.25, -0.2) is 19.6 Å². The number of aromatic nitrogens is 2. The number of halogens is 4. The number of pyridine rings is 1.